The van der Waals surface area contributed by atoms with E-state index in [0.717, 1.165) is 57.5 Å². The minimum atomic E-state index is -0.482. The number of hydrogen-bond acceptors (Lipinski definition) is 5. The summed E-state index contributed by atoms with van der Waals surface area (Å²) in [6.45, 7) is 7.49. The Morgan fingerprint density at radius 2 is 2.14 bits per heavy atom. The van der Waals surface area contributed by atoms with Gasteiger partial charge >= 0.3 is 0 Å². The number of primary amides is 1. The lowest BCUT2D eigenvalue weighted by Gasteiger charge is -2.29. The van der Waals surface area contributed by atoms with Crippen molar-refractivity contribution in [1.82, 2.24) is 15.1 Å². The molecule has 1 amide bonds. The molecule has 2 saturated heterocycles. The standard InChI is InChI=1S/C20H31N5O3.HI/c1-22-20(23-12-16-3-2-4-18(11-16)28-15-19(21)26)25-6-5-17(14-25)13-24-7-9-27-10-8-24;/h2-4,11,17H,5-10,12-15H2,1H3,(H2,21,26)(H,22,23);1H. The summed E-state index contributed by atoms with van der Waals surface area (Å²) in [4.78, 5) is 20.2. The summed E-state index contributed by atoms with van der Waals surface area (Å²) in [7, 11) is 1.82. The maximum absolute atomic E-state index is 10.9. The lowest BCUT2D eigenvalue weighted by molar-refractivity contribution is -0.119. The first-order valence-electron chi connectivity index (χ1n) is 9.90. The molecule has 1 aromatic carbocycles. The average molecular weight is 517 g/mol. The second kappa shape index (κ2) is 12.2. The maximum Gasteiger partial charge on any atom is 0.255 e. The van der Waals surface area contributed by atoms with Gasteiger partial charge in [-0.25, -0.2) is 0 Å². The number of aliphatic imine (C=N–C) groups is 1. The normalized spacial score (nSPS) is 20.2. The second-order valence-corrected chi connectivity index (χ2v) is 7.32. The van der Waals surface area contributed by atoms with Crippen LogP contribution in [0.5, 0.6) is 5.75 Å². The third kappa shape index (κ3) is 7.63. The van der Waals surface area contributed by atoms with Crippen molar-refractivity contribution in [3.8, 4) is 5.75 Å². The van der Waals surface area contributed by atoms with Crippen LogP contribution in [0.1, 0.15) is 12.0 Å². The first kappa shape index (κ1) is 23.7. The number of benzene rings is 1. The Kier molecular flexibility index (Phi) is 9.95. The highest BCUT2D eigenvalue weighted by Gasteiger charge is 2.27. The van der Waals surface area contributed by atoms with E-state index in [0.29, 0.717) is 18.2 Å². The average Bonchev–Trinajstić information content (AvgIpc) is 3.16. The van der Waals surface area contributed by atoms with E-state index in [1.54, 1.807) is 0 Å². The molecule has 162 valence electrons. The smallest absolute Gasteiger partial charge is 0.255 e. The van der Waals surface area contributed by atoms with Crippen LogP contribution in [0.3, 0.4) is 0 Å². The number of likely N-dealkylation sites (tertiary alicyclic amines) is 1. The Labute approximate surface area is 189 Å². The Morgan fingerprint density at radius 1 is 1.34 bits per heavy atom. The van der Waals surface area contributed by atoms with Gasteiger partial charge in [-0.1, -0.05) is 12.1 Å². The fourth-order valence-electron chi connectivity index (χ4n) is 3.74. The summed E-state index contributed by atoms with van der Waals surface area (Å²) < 4.78 is 10.8. The Morgan fingerprint density at radius 3 is 2.86 bits per heavy atom. The van der Waals surface area contributed by atoms with Gasteiger partial charge in [-0.05, 0) is 30.0 Å². The molecule has 1 atom stereocenters. The van der Waals surface area contributed by atoms with Crippen LogP contribution in [-0.2, 0) is 16.1 Å². The fraction of sp³-hybridized carbons (Fsp3) is 0.600. The van der Waals surface area contributed by atoms with Crippen LogP contribution in [0, 0.1) is 5.92 Å². The number of amides is 1. The molecule has 3 N–H and O–H groups in total. The molecular weight excluding hydrogens is 485 g/mol. The molecule has 3 rings (SSSR count). The number of carbonyl (C=O) groups is 1. The first-order chi connectivity index (χ1) is 13.6. The zero-order valence-electron chi connectivity index (χ0n) is 17.0. The van der Waals surface area contributed by atoms with Crippen molar-refractivity contribution in [3.05, 3.63) is 29.8 Å². The van der Waals surface area contributed by atoms with Gasteiger partial charge in [0.05, 0.1) is 13.2 Å². The van der Waals surface area contributed by atoms with E-state index in [1.165, 1.54) is 6.42 Å². The molecule has 8 nitrogen and oxygen atoms in total. The van der Waals surface area contributed by atoms with Gasteiger partial charge in [-0.2, -0.15) is 0 Å². The number of morpholine rings is 1. The Hall–Kier alpha value is -1.59. The van der Waals surface area contributed by atoms with Crippen molar-refractivity contribution in [3.63, 3.8) is 0 Å². The molecular formula is C20H32IN5O3. The molecule has 0 aliphatic carbocycles. The molecule has 2 heterocycles. The van der Waals surface area contributed by atoms with Gasteiger partial charge in [0.25, 0.3) is 5.91 Å². The molecule has 2 aliphatic rings. The predicted octanol–water partition coefficient (Wildman–Crippen LogP) is 0.898. The number of guanidine groups is 1. The predicted molar refractivity (Wildman–Crippen MR) is 124 cm³/mol. The summed E-state index contributed by atoms with van der Waals surface area (Å²) in [5, 5.41) is 3.44. The molecule has 0 spiro atoms. The highest BCUT2D eigenvalue weighted by atomic mass is 127. The molecule has 1 aromatic rings. The molecule has 2 aliphatic heterocycles. The summed E-state index contributed by atoms with van der Waals surface area (Å²) in [5.41, 5.74) is 6.19. The highest BCUT2D eigenvalue weighted by molar-refractivity contribution is 14.0. The monoisotopic (exact) mass is 517 g/mol. The van der Waals surface area contributed by atoms with Crippen molar-refractivity contribution in [2.45, 2.75) is 13.0 Å². The van der Waals surface area contributed by atoms with Crippen molar-refractivity contribution in [1.29, 1.82) is 0 Å². The van der Waals surface area contributed by atoms with Crippen LogP contribution in [0.2, 0.25) is 0 Å². The number of nitrogens with two attached hydrogens (primary N) is 1. The number of carbonyl (C=O) groups excluding carboxylic acids is 1. The van der Waals surface area contributed by atoms with Crippen molar-refractivity contribution >= 4 is 35.8 Å². The summed E-state index contributed by atoms with van der Waals surface area (Å²) in [6, 6.07) is 7.65. The van der Waals surface area contributed by atoms with Crippen molar-refractivity contribution in [2.75, 3.05) is 59.6 Å². The molecule has 2 fully saturated rings. The zero-order chi connectivity index (χ0) is 19.8. The van der Waals surface area contributed by atoms with E-state index in [2.05, 4.69) is 20.1 Å². The Balaban J connectivity index is 0.00000300. The Bertz CT molecular complexity index is 682. The number of rotatable bonds is 7. The van der Waals surface area contributed by atoms with Crippen LogP contribution in [-0.4, -0.2) is 81.3 Å². The molecule has 0 saturated carbocycles. The fourth-order valence-corrected chi connectivity index (χ4v) is 3.74. The van der Waals surface area contributed by atoms with Crippen LogP contribution in [0.25, 0.3) is 0 Å². The van der Waals surface area contributed by atoms with Crippen molar-refractivity contribution < 1.29 is 14.3 Å². The van der Waals surface area contributed by atoms with Crippen molar-refractivity contribution in [2.24, 2.45) is 16.6 Å². The topological polar surface area (TPSA) is 92.4 Å². The van der Waals surface area contributed by atoms with E-state index in [9.17, 15) is 4.79 Å². The summed E-state index contributed by atoms with van der Waals surface area (Å²) in [5.74, 6) is 1.75. The minimum Gasteiger partial charge on any atom is -0.484 e. The van der Waals surface area contributed by atoms with E-state index in [-0.39, 0.29) is 30.6 Å². The largest absolute Gasteiger partial charge is 0.484 e. The zero-order valence-corrected chi connectivity index (χ0v) is 19.3. The number of hydrogen-bond donors (Lipinski definition) is 2. The van der Waals surface area contributed by atoms with Crippen LogP contribution in [0.4, 0.5) is 0 Å². The van der Waals surface area contributed by atoms with Crippen LogP contribution in [0.15, 0.2) is 29.3 Å². The van der Waals surface area contributed by atoms with Gasteiger partial charge < -0.3 is 25.4 Å². The molecule has 0 radical (unpaired) electrons. The number of halogens is 1. The van der Waals surface area contributed by atoms with Gasteiger partial charge in [0.15, 0.2) is 12.6 Å². The molecule has 9 heteroatoms. The molecule has 29 heavy (non-hydrogen) atoms. The maximum atomic E-state index is 10.9. The van der Waals surface area contributed by atoms with Gasteiger partial charge in [0.2, 0.25) is 0 Å². The number of nitrogens with one attached hydrogen (secondary N) is 1. The van der Waals surface area contributed by atoms with E-state index in [1.807, 2.05) is 31.3 Å². The quantitative estimate of drug-likeness (QED) is 0.317. The van der Waals surface area contributed by atoms with E-state index >= 15 is 0 Å². The number of ether oxygens (including phenoxy) is 2. The van der Waals surface area contributed by atoms with Crippen LogP contribution < -0.4 is 15.8 Å². The van der Waals surface area contributed by atoms with Gasteiger partial charge in [0.1, 0.15) is 5.75 Å². The van der Waals surface area contributed by atoms with E-state index < -0.39 is 5.91 Å². The minimum absolute atomic E-state index is 0. The molecule has 0 bridgehead atoms. The lowest BCUT2D eigenvalue weighted by Crippen LogP contribution is -2.42. The van der Waals surface area contributed by atoms with Gasteiger partial charge in [0, 0.05) is 46.3 Å². The van der Waals surface area contributed by atoms with Gasteiger partial charge in [-0.15, -0.1) is 24.0 Å². The first-order valence-corrected chi connectivity index (χ1v) is 9.90. The summed E-state index contributed by atoms with van der Waals surface area (Å²) >= 11 is 0. The summed E-state index contributed by atoms with van der Waals surface area (Å²) in [6.07, 6.45) is 1.19. The van der Waals surface area contributed by atoms with Crippen LogP contribution >= 0.6 is 24.0 Å². The number of nitrogens with zero attached hydrogens (tertiary/aromatic N) is 3. The molecule has 1 unspecified atom stereocenters. The third-order valence-electron chi connectivity index (χ3n) is 5.15. The second-order valence-electron chi connectivity index (χ2n) is 7.32. The third-order valence-corrected chi connectivity index (χ3v) is 5.15. The highest BCUT2D eigenvalue weighted by Crippen LogP contribution is 2.19. The lowest BCUT2D eigenvalue weighted by atomic mass is 10.1. The molecule has 0 aromatic heterocycles. The SMILES string of the molecule is CN=C(NCc1cccc(OCC(N)=O)c1)N1CCC(CN2CCOCC2)C1.I. The van der Waals surface area contributed by atoms with E-state index in [4.69, 9.17) is 15.2 Å². The van der Waals surface area contributed by atoms with Gasteiger partial charge in [-0.3, -0.25) is 14.7 Å².